The summed E-state index contributed by atoms with van der Waals surface area (Å²) in [5.74, 6) is 0.0214. The summed E-state index contributed by atoms with van der Waals surface area (Å²) < 4.78 is 0. The van der Waals surface area contributed by atoms with E-state index in [2.05, 4.69) is 47.0 Å². The highest BCUT2D eigenvalue weighted by Crippen LogP contribution is 2.22. The molecule has 172 valence electrons. The van der Waals surface area contributed by atoms with Crippen LogP contribution in [0.25, 0.3) is 21.5 Å². The fraction of sp³-hybridized carbons (Fsp3) is 0.267. The van der Waals surface area contributed by atoms with Crippen LogP contribution in [0.4, 0.5) is 0 Å². The number of nitrogens with one attached hydrogen (secondary N) is 2. The van der Waals surface area contributed by atoms with Crippen LogP contribution in [0.2, 0.25) is 0 Å². The molecule has 0 heterocycles. The van der Waals surface area contributed by atoms with Crippen molar-refractivity contribution in [1.82, 2.24) is 10.6 Å². The topological polar surface area (TPSA) is 58.2 Å². The van der Waals surface area contributed by atoms with Gasteiger partial charge in [0.15, 0.2) is 0 Å². The number of fused-ring (bicyclic) bond motifs is 2. The molecule has 0 radical (unpaired) electrons. The Kier molecular flexibility index (Phi) is 6.57. The average Bonchev–Trinajstić information content (AvgIpc) is 2.86. The lowest BCUT2D eigenvalue weighted by Crippen LogP contribution is -2.53. The predicted molar refractivity (Wildman–Crippen MR) is 138 cm³/mol. The first-order chi connectivity index (χ1) is 16.7. The minimum atomic E-state index is -0.0345. The number of amides is 2. The van der Waals surface area contributed by atoms with Crippen LogP contribution in [0, 0.1) is 0 Å². The van der Waals surface area contributed by atoms with E-state index in [0.717, 1.165) is 58.4 Å². The molecule has 4 aromatic rings. The molecule has 0 spiro atoms. The molecule has 2 N–H and O–H groups in total. The SMILES string of the molecule is O=C(Cc1cccc2ccccc12)N[C@H]1CCCC[C@@H]1NC(=O)Cc1cccc2ccccc12. The van der Waals surface area contributed by atoms with Crippen LogP contribution in [-0.4, -0.2) is 23.9 Å². The van der Waals surface area contributed by atoms with E-state index in [1.165, 1.54) is 0 Å². The molecule has 0 unspecified atom stereocenters. The summed E-state index contributed by atoms with van der Waals surface area (Å²) in [5, 5.41) is 11.0. The maximum atomic E-state index is 13.0. The number of carbonyl (C=O) groups excluding carboxylic acids is 2. The van der Waals surface area contributed by atoms with Gasteiger partial charge < -0.3 is 10.6 Å². The smallest absolute Gasteiger partial charge is 0.224 e. The van der Waals surface area contributed by atoms with Gasteiger partial charge in [0.05, 0.1) is 12.8 Å². The second kappa shape index (κ2) is 10.1. The summed E-state index contributed by atoms with van der Waals surface area (Å²) in [6, 6.07) is 28.4. The summed E-state index contributed by atoms with van der Waals surface area (Å²) >= 11 is 0. The summed E-state index contributed by atoms with van der Waals surface area (Å²) in [4.78, 5) is 25.9. The first-order valence-corrected chi connectivity index (χ1v) is 12.2. The highest BCUT2D eigenvalue weighted by Gasteiger charge is 2.28. The molecule has 1 saturated carbocycles. The molecule has 0 aromatic heterocycles. The van der Waals surface area contributed by atoms with E-state index in [9.17, 15) is 9.59 Å². The normalized spacial score (nSPS) is 18.0. The molecular formula is C30H30N2O2. The zero-order valence-corrected chi connectivity index (χ0v) is 19.3. The third kappa shape index (κ3) is 4.96. The molecule has 0 bridgehead atoms. The molecule has 0 aliphatic heterocycles. The quantitative estimate of drug-likeness (QED) is 0.418. The van der Waals surface area contributed by atoms with Gasteiger partial charge in [-0.1, -0.05) is 97.8 Å². The van der Waals surface area contributed by atoms with Crippen LogP contribution in [0.15, 0.2) is 84.9 Å². The zero-order chi connectivity index (χ0) is 23.3. The van der Waals surface area contributed by atoms with Crippen molar-refractivity contribution < 1.29 is 9.59 Å². The number of carbonyl (C=O) groups is 2. The number of hydrogen-bond acceptors (Lipinski definition) is 2. The minimum Gasteiger partial charge on any atom is -0.351 e. The third-order valence-corrected chi connectivity index (χ3v) is 6.92. The lowest BCUT2D eigenvalue weighted by Gasteiger charge is -2.33. The van der Waals surface area contributed by atoms with E-state index in [1.807, 2.05) is 48.5 Å². The third-order valence-electron chi connectivity index (χ3n) is 6.92. The lowest BCUT2D eigenvalue weighted by atomic mass is 9.89. The number of benzene rings is 4. The monoisotopic (exact) mass is 450 g/mol. The summed E-state index contributed by atoms with van der Waals surface area (Å²) in [6.07, 6.45) is 4.59. The molecule has 34 heavy (non-hydrogen) atoms. The highest BCUT2D eigenvalue weighted by molar-refractivity contribution is 5.91. The Balaban J connectivity index is 1.24. The minimum absolute atomic E-state index is 0.0107. The van der Waals surface area contributed by atoms with Gasteiger partial charge in [-0.15, -0.1) is 0 Å². The van der Waals surface area contributed by atoms with Crippen molar-refractivity contribution in [2.45, 2.75) is 50.6 Å². The van der Waals surface area contributed by atoms with E-state index >= 15 is 0 Å². The Morgan fingerprint density at radius 3 is 1.47 bits per heavy atom. The molecule has 0 saturated heterocycles. The van der Waals surface area contributed by atoms with Crippen molar-refractivity contribution in [2.24, 2.45) is 0 Å². The predicted octanol–water partition coefficient (Wildman–Crippen LogP) is 5.32. The van der Waals surface area contributed by atoms with Crippen molar-refractivity contribution in [2.75, 3.05) is 0 Å². The van der Waals surface area contributed by atoms with Crippen LogP contribution in [0.3, 0.4) is 0 Å². The van der Waals surface area contributed by atoms with Gasteiger partial charge in [-0.05, 0) is 45.5 Å². The fourth-order valence-electron chi connectivity index (χ4n) is 5.23. The van der Waals surface area contributed by atoms with Gasteiger partial charge in [0, 0.05) is 12.1 Å². The molecule has 4 heteroatoms. The largest absolute Gasteiger partial charge is 0.351 e. The number of rotatable bonds is 6. The van der Waals surface area contributed by atoms with E-state index in [4.69, 9.17) is 0 Å². The maximum Gasteiger partial charge on any atom is 0.224 e. The van der Waals surface area contributed by atoms with Crippen molar-refractivity contribution >= 4 is 33.4 Å². The molecule has 1 fully saturated rings. The summed E-state index contributed by atoms with van der Waals surface area (Å²) in [7, 11) is 0. The van der Waals surface area contributed by atoms with Gasteiger partial charge >= 0.3 is 0 Å². The van der Waals surface area contributed by atoms with E-state index in [0.29, 0.717) is 12.8 Å². The zero-order valence-electron chi connectivity index (χ0n) is 19.3. The first-order valence-electron chi connectivity index (χ1n) is 12.2. The molecule has 4 aromatic carbocycles. The van der Waals surface area contributed by atoms with Gasteiger partial charge in [0.2, 0.25) is 11.8 Å². The van der Waals surface area contributed by atoms with E-state index < -0.39 is 0 Å². The highest BCUT2D eigenvalue weighted by atomic mass is 16.2. The van der Waals surface area contributed by atoms with Crippen LogP contribution in [-0.2, 0) is 22.4 Å². The fourth-order valence-corrected chi connectivity index (χ4v) is 5.23. The maximum absolute atomic E-state index is 13.0. The Bertz CT molecular complexity index is 1220. The molecular weight excluding hydrogens is 420 g/mol. The Labute approximate surface area is 200 Å². The van der Waals surface area contributed by atoms with Crippen molar-refractivity contribution in [3.8, 4) is 0 Å². The Morgan fingerprint density at radius 1 is 0.588 bits per heavy atom. The van der Waals surface area contributed by atoms with E-state index in [1.54, 1.807) is 0 Å². The Morgan fingerprint density at radius 2 is 1.00 bits per heavy atom. The van der Waals surface area contributed by atoms with Gasteiger partial charge in [-0.25, -0.2) is 0 Å². The molecule has 4 nitrogen and oxygen atoms in total. The second-order valence-corrected chi connectivity index (χ2v) is 9.26. The average molecular weight is 451 g/mol. The van der Waals surface area contributed by atoms with Gasteiger partial charge in [0.25, 0.3) is 0 Å². The van der Waals surface area contributed by atoms with Crippen LogP contribution in [0.1, 0.15) is 36.8 Å². The van der Waals surface area contributed by atoms with Gasteiger partial charge in [-0.2, -0.15) is 0 Å². The molecule has 1 aliphatic rings. The first kappa shape index (κ1) is 22.1. The van der Waals surface area contributed by atoms with Gasteiger partial charge in [-0.3, -0.25) is 9.59 Å². The van der Waals surface area contributed by atoms with E-state index in [-0.39, 0.29) is 23.9 Å². The lowest BCUT2D eigenvalue weighted by molar-refractivity contribution is -0.124. The van der Waals surface area contributed by atoms with Crippen molar-refractivity contribution in [3.63, 3.8) is 0 Å². The van der Waals surface area contributed by atoms with Crippen LogP contribution < -0.4 is 10.6 Å². The molecule has 1 aliphatic carbocycles. The molecule has 5 rings (SSSR count). The summed E-state index contributed by atoms with van der Waals surface area (Å²) in [6.45, 7) is 0. The van der Waals surface area contributed by atoms with Gasteiger partial charge in [0.1, 0.15) is 0 Å². The second-order valence-electron chi connectivity index (χ2n) is 9.26. The molecule has 2 atom stereocenters. The van der Waals surface area contributed by atoms with Crippen molar-refractivity contribution in [3.05, 3.63) is 96.1 Å². The Hall–Kier alpha value is -3.66. The van der Waals surface area contributed by atoms with Crippen LogP contribution in [0.5, 0.6) is 0 Å². The van der Waals surface area contributed by atoms with Crippen LogP contribution >= 0.6 is 0 Å². The van der Waals surface area contributed by atoms with Crippen molar-refractivity contribution in [1.29, 1.82) is 0 Å². The standard InChI is InChI=1S/C30H30N2O2/c33-29(19-23-13-7-11-21-9-1-3-15-25(21)23)31-27-17-5-6-18-28(27)32-30(34)20-24-14-8-12-22-10-2-4-16-26(22)24/h1-4,7-16,27-28H,5-6,17-20H2,(H,31,33)(H,32,34)/t27-,28-/m0/s1. The molecule has 2 amide bonds. The summed E-state index contributed by atoms with van der Waals surface area (Å²) in [5.41, 5.74) is 2.06. The number of hydrogen-bond donors (Lipinski definition) is 2.